The van der Waals surface area contributed by atoms with Crippen LogP contribution in [0.4, 0.5) is 5.13 Å². The van der Waals surface area contributed by atoms with Crippen molar-refractivity contribution in [2.24, 2.45) is 0 Å². The molecule has 0 spiro atoms. The van der Waals surface area contributed by atoms with Crippen LogP contribution in [0.3, 0.4) is 0 Å². The minimum absolute atomic E-state index is 0.0782. The molecule has 136 valence electrons. The molecule has 7 heteroatoms. The number of rotatable bonds is 6. The molecule has 0 unspecified atom stereocenters. The summed E-state index contributed by atoms with van der Waals surface area (Å²) in [6.45, 7) is 1.48. The average Bonchev–Trinajstić information content (AvgIpc) is 3.01. The summed E-state index contributed by atoms with van der Waals surface area (Å²) in [5, 5.41) is 1.95. The molecular weight excluding hydrogens is 389 g/mol. The van der Waals surface area contributed by atoms with Crippen molar-refractivity contribution in [3.05, 3.63) is 58.1 Å². The summed E-state index contributed by atoms with van der Waals surface area (Å²) in [5.74, 6) is -0.0782. The Morgan fingerprint density at radius 3 is 2.42 bits per heavy atom. The Hall–Kier alpha value is -1.66. The molecule has 3 aromatic rings. The molecule has 0 radical (unpaired) electrons. The number of fused-ring (bicyclic) bond motifs is 1. The van der Waals surface area contributed by atoms with Crippen molar-refractivity contribution in [1.82, 2.24) is 9.88 Å². The smallest absolute Gasteiger partial charge is 0.260 e. The van der Waals surface area contributed by atoms with Gasteiger partial charge < -0.3 is 4.90 Å². The number of benzene rings is 2. The maximum absolute atomic E-state index is 13.1. The van der Waals surface area contributed by atoms with Crippen LogP contribution < -0.4 is 4.90 Å². The summed E-state index contributed by atoms with van der Waals surface area (Å²) in [7, 11) is 4.04. The lowest BCUT2D eigenvalue weighted by Gasteiger charge is -2.21. The van der Waals surface area contributed by atoms with E-state index in [1.54, 1.807) is 29.2 Å². The van der Waals surface area contributed by atoms with Gasteiger partial charge in [-0.05, 0) is 69.5 Å². The van der Waals surface area contributed by atoms with Crippen LogP contribution in [0.25, 0.3) is 10.2 Å². The Balaban J connectivity index is 1.92. The van der Waals surface area contributed by atoms with E-state index in [4.69, 9.17) is 23.2 Å². The highest BCUT2D eigenvalue weighted by Gasteiger charge is 2.21. The number of aromatic nitrogens is 1. The lowest BCUT2D eigenvalue weighted by atomic mass is 10.2. The van der Waals surface area contributed by atoms with Crippen molar-refractivity contribution in [2.45, 2.75) is 6.42 Å². The Labute approximate surface area is 167 Å². The van der Waals surface area contributed by atoms with Crippen LogP contribution in [-0.4, -0.2) is 43.0 Å². The van der Waals surface area contributed by atoms with Gasteiger partial charge in [0.15, 0.2) is 5.13 Å². The van der Waals surface area contributed by atoms with Gasteiger partial charge in [-0.3, -0.25) is 9.69 Å². The van der Waals surface area contributed by atoms with Crippen LogP contribution in [0, 0.1) is 0 Å². The van der Waals surface area contributed by atoms with Crippen LogP contribution in [0.5, 0.6) is 0 Å². The van der Waals surface area contributed by atoms with E-state index in [0.717, 1.165) is 23.2 Å². The molecule has 0 atom stereocenters. The minimum atomic E-state index is -0.0782. The molecule has 0 aliphatic rings. The van der Waals surface area contributed by atoms with Gasteiger partial charge in [-0.15, -0.1) is 0 Å². The van der Waals surface area contributed by atoms with E-state index in [2.05, 4.69) is 9.88 Å². The van der Waals surface area contributed by atoms with Crippen molar-refractivity contribution in [2.75, 3.05) is 32.1 Å². The first-order valence-corrected chi connectivity index (χ1v) is 9.79. The van der Waals surface area contributed by atoms with Crippen molar-refractivity contribution >= 4 is 55.8 Å². The second kappa shape index (κ2) is 8.35. The lowest BCUT2D eigenvalue weighted by molar-refractivity contribution is 0.0986. The standard InChI is InChI=1S/C19H19Cl2N3OS/c1-23(2)10-3-11-24(18(25)13-4-6-14(20)7-5-13)19-22-16-9-8-15(21)12-17(16)26-19/h4-9,12H,3,10-11H2,1-2H3. The molecule has 0 fully saturated rings. The molecule has 0 saturated heterocycles. The molecule has 1 heterocycles. The zero-order valence-corrected chi connectivity index (χ0v) is 16.9. The molecule has 2 aromatic carbocycles. The van der Waals surface area contributed by atoms with Crippen molar-refractivity contribution in [3.63, 3.8) is 0 Å². The normalized spacial score (nSPS) is 11.3. The molecule has 0 aliphatic heterocycles. The van der Waals surface area contributed by atoms with Crippen molar-refractivity contribution in [1.29, 1.82) is 0 Å². The summed E-state index contributed by atoms with van der Waals surface area (Å²) in [5.41, 5.74) is 1.44. The summed E-state index contributed by atoms with van der Waals surface area (Å²) in [6, 6.07) is 12.5. The van der Waals surface area contributed by atoms with Gasteiger partial charge in [0.1, 0.15) is 0 Å². The number of carbonyl (C=O) groups excluding carboxylic acids is 1. The minimum Gasteiger partial charge on any atom is -0.309 e. The third-order valence-electron chi connectivity index (χ3n) is 3.89. The van der Waals surface area contributed by atoms with E-state index in [-0.39, 0.29) is 5.91 Å². The van der Waals surface area contributed by atoms with Crippen LogP contribution in [0.15, 0.2) is 42.5 Å². The molecule has 0 N–H and O–H groups in total. The maximum Gasteiger partial charge on any atom is 0.260 e. The van der Waals surface area contributed by atoms with Gasteiger partial charge >= 0.3 is 0 Å². The fourth-order valence-electron chi connectivity index (χ4n) is 2.58. The third kappa shape index (κ3) is 4.54. The molecular formula is C19H19Cl2N3OS. The second-order valence-corrected chi connectivity index (χ2v) is 8.11. The molecule has 4 nitrogen and oxygen atoms in total. The second-order valence-electron chi connectivity index (χ2n) is 6.23. The summed E-state index contributed by atoms with van der Waals surface area (Å²) in [6.07, 6.45) is 0.850. The van der Waals surface area contributed by atoms with E-state index in [1.165, 1.54) is 11.3 Å². The predicted octanol–water partition coefficient (Wildman–Crippen LogP) is 5.20. The molecule has 1 amide bonds. The number of hydrogen-bond acceptors (Lipinski definition) is 4. The van der Waals surface area contributed by atoms with Crippen molar-refractivity contribution in [3.8, 4) is 0 Å². The highest BCUT2D eigenvalue weighted by molar-refractivity contribution is 7.22. The molecule has 0 aliphatic carbocycles. The SMILES string of the molecule is CN(C)CCCN(C(=O)c1ccc(Cl)cc1)c1nc2ccc(Cl)cc2s1. The third-order valence-corrected chi connectivity index (χ3v) is 5.42. The summed E-state index contributed by atoms with van der Waals surface area (Å²) < 4.78 is 0.967. The number of thiazole rings is 1. The highest BCUT2D eigenvalue weighted by Crippen LogP contribution is 2.31. The van der Waals surface area contributed by atoms with E-state index in [1.807, 2.05) is 32.3 Å². The first-order valence-electron chi connectivity index (χ1n) is 8.22. The van der Waals surface area contributed by atoms with Gasteiger partial charge in [0.05, 0.1) is 10.2 Å². The van der Waals surface area contributed by atoms with E-state index < -0.39 is 0 Å². The van der Waals surface area contributed by atoms with Crippen LogP contribution in [0.1, 0.15) is 16.8 Å². The van der Waals surface area contributed by atoms with E-state index in [9.17, 15) is 4.79 Å². The fourth-order valence-corrected chi connectivity index (χ4v) is 3.97. The number of carbonyl (C=O) groups is 1. The number of hydrogen-bond donors (Lipinski definition) is 0. The van der Waals surface area contributed by atoms with Gasteiger partial charge in [-0.25, -0.2) is 4.98 Å². The number of nitrogens with zero attached hydrogens (tertiary/aromatic N) is 3. The highest BCUT2D eigenvalue weighted by atomic mass is 35.5. The number of amides is 1. The van der Waals surface area contributed by atoms with Gasteiger partial charge in [-0.1, -0.05) is 34.5 Å². The van der Waals surface area contributed by atoms with Crippen molar-refractivity contribution < 1.29 is 4.79 Å². The molecule has 26 heavy (non-hydrogen) atoms. The Morgan fingerprint density at radius 2 is 1.73 bits per heavy atom. The monoisotopic (exact) mass is 407 g/mol. The molecule has 0 bridgehead atoms. The Bertz CT molecular complexity index is 909. The summed E-state index contributed by atoms with van der Waals surface area (Å²) in [4.78, 5) is 21.6. The average molecular weight is 408 g/mol. The zero-order valence-electron chi connectivity index (χ0n) is 14.6. The lowest BCUT2D eigenvalue weighted by Crippen LogP contribution is -2.33. The Kier molecular flexibility index (Phi) is 6.14. The zero-order chi connectivity index (χ0) is 18.7. The maximum atomic E-state index is 13.1. The van der Waals surface area contributed by atoms with Gasteiger partial charge in [-0.2, -0.15) is 0 Å². The quantitative estimate of drug-likeness (QED) is 0.563. The largest absolute Gasteiger partial charge is 0.309 e. The molecule has 0 saturated carbocycles. The topological polar surface area (TPSA) is 36.4 Å². The van der Waals surface area contributed by atoms with Crippen LogP contribution >= 0.6 is 34.5 Å². The van der Waals surface area contributed by atoms with Gasteiger partial charge in [0.2, 0.25) is 0 Å². The predicted molar refractivity (Wildman–Crippen MR) is 111 cm³/mol. The first-order chi connectivity index (χ1) is 12.4. The summed E-state index contributed by atoms with van der Waals surface area (Å²) >= 11 is 13.5. The Morgan fingerprint density at radius 1 is 1.04 bits per heavy atom. The molecule has 3 rings (SSSR count). The molecule has 1 aromatic heterocycles. The fraction of sp³-hybridized carbons (Fsp3) is 0.263. The van der Waals surface area contributed by atoms with Crippen LogP contribution in [-0.2, 0) is 0 Å². The number of anilines is 1. The van der Waals surface area contributed by atoms with Gasteiger partial charge in [0.25, 0.3) is 5.91 Å². The van der Waals surface area contributed by atoms with E-state index >= 15 is 0 Å². The first kappa shape index (κ1) is 19.1. The number of halogens is 2. The van der Waals surface area contributed by atoms with Gasteiger partial charge in [0, 0.05) is 22.2 Å². The van der Waals surface area contributed by atoms with E-state index in [0.29, 0.717) is 27.3 Å². The van der Waals surface area contributed by atoms with Crippen LogP contribution in [0.2, 0.25) is 10.0 Å².